The number of H-pyrrole nitrogens is 1. The zero-order chi connectivity index (χ0) is 24.5. The number of pyridine rings is 1. The molecule has 3 aromatic rings. The Labute approximate surface area is 190 Å². The third-order valence-corrected chi connectivity index (χ3v) is 5.64. The lowest BCUT2D eigenvalue weighted by Gasteiger charge is -2.42. The highest BCUT2D eigenvalue weighted by Crippen LogP contribution is 2.33. The molecule has 2 aromatic heterocycles. The topological polar surface area (TPSA) is 52.4 Å². The second-order valence-corrected chi connectivity index (χ2v) is 7.81. The van der Waals surface area contributed by atoms with Gasteiger partial charge in [0.2, 0.25) is 0 Å². The zero-order valence-corrected chi connectivity index (χ0v) is 17.5. The highest BCUT2D eigenvalue weighted by molar-refractivity contribution is 5.65. The van der Waals surface area contributed by atoms with E-state index >= 15 is 0 Å². The summed E-state index contributed by atoms with van der Waals surface area (Å²) in [6.45, 7) is 6.72. The predicted octanol–water partition coefficient (Wildman–Crippen LogP) is 5.29. The van der Waals surface area contributed by atoms with E-state index in [0.29, 0.717) is 28.7 Å². The van der Waals surface area contributed by atoms with Crippen molar-refractivity contribution < 1.29 is 26.3 Å². The molecule has 12 heteroatoms. The molecule has 0 amide bonds. The average Bonchev–Trinajstić information content (AvgIpc) is 3.26. The number of nitrogens with one attached hydrogen (secondary N) is 1. The summed E-state index contributed by atoms with van der Waals surface area (Å²) >= 11 is 0. The Kier molecular flexibility index (Phi) is 6.22. The highest BCUT2D eigenvalue weighted by atomic mass is 19.4. The molecule has 1 aliphatic heterocycles. The molecule has 0 unspecified atom stereocenters. The van der Waals surface area contributed by atoms with Gasteiger partial charge in [-0.2, -0.15) is 31.4 Å². The number of piperazine rings is 1. The standard InChI is InChI=1S/C22H18F6N6/c1-29-17-5-2-14(3-6-17)20-15(10-31-32-20)12-33-8-9-34(13-18(33)22(26,27)28)19-7-4-16(11-30-19)21(23,24)25/h2-7,10-11,18H,8-9,12-13H2,(H,31,32)/t18-/m1/s1. The number of aromatic nitrogens is 3. The minimum Gasteiger partial charge on any atom is -0.353 e. The molecule has 4 rings (SSSR count). The third kappa shape index (κ3) is 4.99. The summed E-state index contributed by atoms with van der Waals surface area (Å²) in [5, 5.41) is 6.79. The molecular formula is C22H18F6N6. The molecule has 1 fully saturated rings. The van der Waals surface area contributed by atoms with Crippen molar-refractivity contribution in [3.05, 3.63) is 71.3 Å². The van der Waals surface area contributed by atoms with Gasteiger partial charge in [-0.1, -0.05) is 24.3 Å². The smallest absolute Gasteiger partial charge is 0.353 e. The molecule has 0 aliphatic carbocycles. The van der Waals surface area contributed by atoms with Crippen LogP contribution >= 0.6 is 0 Å². The Morgan fingerprint density at radius 2 is 1.74 bits per heavy atom. The van der Waals surface area contributed by atoms with Crippen molar-refractivity contribution in [2.45, 2.75) is 24.9 Å². The Morgan fingerprint density at radius 3 is 2.32 bits per heavy atom. The van der Waals surface area contributed by atoms with Crippen LogP contribution in [0.1, 0.15) is 11.1 Å². The van der Waals surface area contributed by atoms with Gasteiger partial charge in [0.15, 0.2) is 5.69 Å². The maximum Gasteiger partial charge on any atom is 0.417 e. The first-order chi connectivity index (χ1) is 16.1. The molecule has 1 N–H and O–H groups in total. The summed E-state index contributed by atoms with van der Waals surface area (Å²) in [6.07, 6.45) is -7.04. The van der Waals surface area contributed by atoms with Crippen LogP contribution in [0.4, 0.5) is 37.8 Å². The molecule has 0 radical (unpaired) electrons. The fraction of sp³-hybridized carbons (Fsp3) is 0.318. The Hall–Kier alpha value is -3.59. The van der Waals surface area contributed by atoms with Gasteiger partial charge in [-0.15, -0.1) is 0 Å². The molecule has 1 atom stereocenters. The summed E-state index contributed by atoms with van der Waals surface area (Å²) < 4.78 is 80.2. The maximum atomic E-state index is 13.9. The Bertz CT molecular complexity index is 1160. The summed E-state index contributed by atoms with van der Waals surface area (Å²) in [4.78, 5) is 9.68. The van der Waals surface area contributed by atoms with Crippen LogP contribution in [0.25, 0.3) is 16.1 Å². The SMILES string of the molecule is [C-]#[N+]c1ccc(-c2[nH]ncc2CN2CCN(c3ccc(C(F)(F)F)cn3)C[C@@H]2C(F)(F)F)cc1. The van der Waals surface area contributed by atoms with Crippen LogP contribution in [0.3, 0.4) is 0 Å². The van der Waals surface area contributed by atoms with E-state index in [1.807, 2.05) is 0 Å². The van der Waals surface area contributed by atoms with Crippen molar-refractivity contribution in [3.8, 4) is 11.3 Å². The molecule has 6 nitrogen and oxygen atoms in total. The molecule has 0 spiro atoms. The van der Waals surface area contributed by atoms with Gasteiger partial charge in [0.05, 0.1) is 24.0 Å². The molecule has 1 aromatic carbocycles. The van der Waals surface area contributed by atoms with Gasteiger partial charge in [-0.05, 0) is 17.7 Å². The zero-order valence-electron chi connectivity index (χ0n) is 17.5. The minimum absolute atomic E-state index is 0.0220. The number of anilines is 1. The third-order valence-electron chi connectivity index (χ3n) is 5.64. The first-order valence-electron chi connectivity index (χ1n) is 10.2. The summed E-state index contributed by atoms with van der Waals surface area (Å²) in [5.41, 5.74) is 1.29. The van der Waals surface area contributed by atoms with Crippen LogP contribution in [0.2, 0.25) is 0 Å². The van der Waals surface area contributed by atoms with Crippen molar-refractivity contribution >= 4 is 11.5 Å². The summed E-state index contributed by atoms with van der Waals surface area (Å²) in [7, 11) is 0. The molecule has 1 saturated heterocycles. The Balaban J connectivity index is 1.53. The van der Waals surface area contributed by atoms with Crippen molar-refractivity contribution in [2.75, 3.05) is 24.5 Å². The van der Waals surface area contributed by atoms with E-state index < -0.39 is 30.5 Å². The monoisotopic (exact) mass is 480 g/mol. The lowest BCUT2D eigenvalue weighted by molar-refractivity contribution is -0.186. The van der Waals surface area contributed by atoms with Crippen LogP contribution in [0, 0.1) is 6.57 Å². The molecule has 0 bridgehead atoms. The van der Waals surface area contributed by atoms with Gasteiger partial charge in [-0.25, -0.2) is 9.83 Å². The van der Waals surface area contributed by atoms with Gasteiger partial charge in [-0.3, -0.25) is 10.00 Å². The van der Waals surface area contributed by atoms with Crippen molar-refractivity contribution in [1.29, 1.82) is 0 Å². The molecule has 0 saturated carbocycles. The van der Waals surface area contributed by atoms with Crippen LogP contribution in [-0.2, 0) is 12.7 Å². The van der Waals surface area contributed by atoms with Crippen LogP contribution in [0.5, 0.6) is 0 Å². The predicted molar refractivity (Wildman–Crippen MR) is 112 cm³/mol. The number of benzene rings is 1. The number of aromatic amines is 1. The minimum atomic E-state index is -4.57. The fourth-order valence-corrected chi connectivity index (χ4v) is 3.87. The average molecular weight is 480 g/mol. The van der Waals surface area contributed by atoms with E-state index in [4.69, 9.17) is 6.57 Å². The largest absolute Gasteiger partial charge is 0.417 e. The van der Waals surface area contributed by atoms with E-state index in [2.05, 4.69) is 20.0 Å². The Morgan fingerprint density at radius 1 is 1.00 bits per heavy atom. The molecular weight excluding hydrogens is 462 g/mol. The van der Waals surface area contributed by atoms with E-state index in [1.165, 1.54) is 16.0 Å². The first kappa shape index (κ1) is 23.6. The highest BCUT2D eigenvalue weighted by Gasteiger charge is 2.47. The quantitative estimate of drug-likeness (QED) is 0.407. The fourth-order valence-electron chi connectivity index (χ4n) is 3.87. The van der Waals surface area contributed by atoms with Gasteiger partial charge >= 0.3 is 12.4 Å². The first-order valence-corrected chi connectivity index (χ1v) is 10.2. The lowest BCUT2D eigenvalue weighted by Crippen LogP contribution is -2.58. The number of hydrogen-bond acceptors (Lipinski definition) is 4. The van der Waals surface area contributed by atoms with Crippen molar-refractivity contribution in [3.63, 3.8) is 0 Å². The van der Waals surface area contributed by atoms with Crippen LogP contribution in [0.15, 0.2) is 48.8 Å². The van der Waals surface area contributed by atoms with Gasteiger partial charge in [0.1, 0.15) is 11.9 Å². The van der Waals surface area contributed by atoms with Gasteiger partial charge in [0, 0.05) is 37.9 Å². The molecule has 34 heavy (non-hydrogen) atoms. The second kappa shape index (κ2) is 8.98. The van der Waals surface area contributed by atoms with Crippen molar-refractivity contribution in [1.82, 2.24) is 20.1 Å². The number of alkyl halides is 6. The van der Waals surface area contributed by atoms with Crippen LogP contribution < -0.4 is 4.90 Å². The van der Waals surface area contributed by atoms with Gasteiger partial charge < -0.3 is 4.90 Å². The lowest BCUT2D eigenvalue weighted by atomic mass is 10.1. The van der Waals surface area contributed by atoms with E-state index in [-0.39, 0.29) is 25.5 Å². The molecule has 1 aliphatic rings. The number of hydrogen-bond donors (Lipinski definition) is 1. The number of rotatable bonds is 4. The normalized spacial score (nSPS) is 17.6. The van der Waals surface area contributed by atoms with E-state index in [9.17, 15) is 26.3 Å². The molecule has 3 heterocycles. The van der Waals surface area contributed by atoms with E-state index in [1.54, 1.807) is 24.3 Å². The summed E-state index contributed by atoms with van der Waals surface area (Å²) in [6, 6.07) is 6.67. The van der Waals surface area contributed by atoms with Crippen LogP contribution in [-0.4, -0.2) is 51.9 Å². The van der Waals surface area contributed by atoms with Gasteiger partial charge in [0.25, 0.3) is 0 Å². The maximum absolute atomic E-state index is 13.9. The second-order valence-electron chi connectivity index (χ2n) is 7.81. The van der Waals surface area contributed by atoms with Crippen molar-refractivity contribution in [2.24, 2.45) is 0 Å². The van der Waals surface area contributed by atoms with E-state index in [0.717, 1.165) is 12.1 Å². The number of nitrogens with zero attached hydrogens (tertiary/aromatic N) is 5. The molecule has 178 valence electrons. The summed E-state index contributed by atoms with van der Waals surface area (Å²) in [5.74, 6) is 0.0609. The number of halogens is 6.